The van der Waals surface area contributed by atoms with E-state index < -0.39 is 0 Å². The summed E-state index contributed by atoms with van der Waals surface area (Å²) in [4.78, 5) is 4.78. The van der Waals surface area contributed by atoms with Crippen LogP contribution in [-0.4, -0.2) is 25.6 Å². The largest absolute Gasteiger partial charge is 0.356 e. The van der Waals surface area contributed by atoms with Crippen LogP contribution in [0.2, 0.25) is 0 Å². The molecule has 0 aliphatic carbocycles. The molecule has 3 heteroatoms. The summed E-state index contributed by atoms with van der Waals surface area (Å²) in [6.45, 7) is 9.89. The SMILES string of the molecule is CCCCCCCN=C(NCCCCCCC)NCCCCCCC. The number of nitrogens with one attached hydrogen (secondary N) is 2. The Kier molecular flexibility index (Phi) is 20.7. The van der Waals surface area contributed by atoms with Crippen LogP contribution in [-0.2, 0) is 0 Å². The Balaban J connectivity index is 3.90. The number of guanidine groups is 1. The highest BCUT2D eigenvalue weighted by Crippen LogP contribution is 2.03. The standard InChI is InChI=1S/C22H47N3/c1-4-7-10-13-16-19-23-22(24-20-17-14-11-8-5-2)25-21-18-15-12-9-6-3/h4-21H2,1-3H3,(H2,23,24,25). The van der Waals surface area contributed by atoms with E-state index in [0.29, 0.717) is 0 Å². The maximum Gasteiger partial charge on any atom is 0.191 e. The normalized spacial score (nSPS) is 10.7. The molecule has 2 N–H and O–H groups in total. The molecule has 150 valence electrons. The molecular weight excluding hydrogens is 306 g/mol. The Morgan fingerprint density at radius 3 is 1.36 bits per heavy atom. The predicted octanol–water partition coefficient (Wildman–Crippen LogP) is 6.43. The Labute approximate surface area is 158 Å². The van der Waals surface area contributed by atoms with Gasteiger partial charge in [0.1, 0.15) is 0 Å². The minimum absolute atomic E-state index is 0.963. The molecule has 0 rings (SSSR count). The predicted molar refractivity (Wildman–Crippen MR) is 115 cm³/mol. The van der Waals surface area contributed by atoms with E-state index in [4.69, 9.17) is 4.99 Å². The minimum atomic E-state index is 0.963. The van der Waals surface area contributed by atoms with Crippen molar-refractivity contribution in [2.24, 2.45) is 4.99 Å². The highest BCUT2D eigenvalue weighted by atomic mass is 15.2. The average Bonchev–Trinajstić information content (AvgIpc) is 2.63. The van der Waals surface area contributed by atoms with Crippen LogP contribution in [0.1, 0.15) is 117 Å². The maximum atomic E-state index is 4.78. The number of rotatable bonds is 18. The van der Waals surface area contributed by atoms with Crippen LogP contribution in [0.15, 0.2) is 4.99 Å². The van der Waals surface area contributed by atoms with Crippen LogP contribution >= 0.6 is 0 Å². The molecule has 0 bridgehead atoms. The first kappa shape index (κ1) is 24.3. The van der Waals surface area contributed by atoms with Gasteiger partial charge in [0.05, 0.1) is 0 Å². The molecule has 0 aromatic rings. The molecule has 0 unspecified atom stereocenters. The minimum Gasteiger partial charge on any atom is -0.356 e. The summed E-state index contributed by atoms with van der Waals surface area (Å²) in [6.07, 6.45) is 19.9. The molecule has 0 saturated heterocycles. The summed E-state index contributed by atoms with van der Waals surface area (Å²) in [5, 5.41) is 7.08. The summed E-state index contributed by atoms with van der Waals surface area (Å²) in [6, 6.07) is 0. The monoisotopic (exact) mass is 353 g/mol. The highest BCUT2D eigenvalue weighted by molar-refractivity contribution is 5.79. The second kappa shape index (κ2) is 21.3. The van der Waals surface area contributed by atoms with Crippen molar-refractivity contribution >= 4 is 5.96 Å². The van der Waals surface area contributed by atoms with Gasteiger partial charge in [-0.3, -0.25) is 4.99 Å². The van der Waals surface area contributed by atoms with E-state index >= 15 is 0 Å². The number of hydrogen-bond donors (Lipinski definition) is 2. The Bertz CT molecular complexity index is 258. The third kappa shape index (κ3) is 19.4. The summed E-state index contributed by atoms with van der Waals surface area (Å²) in [7, 11) is 0. The average molecular weight is 354 g/mol. The van der Waals surface area contributed by atoms with Crippen molar-refractivity contribution in [1.29, 1.82) is 0 Å². The quantitative estimate of drug-likeness (QED) is 0.169. The smallest absolute Gasteiger partial charge is 0.191 e. The molecular formula is C22H47N3. The molecule has 0 fully saturated rings. The van der Waals surface area contributed by atoms with Crippen molar-refractivity contribution in [3.05, 3.63) is 0 Å². The van der Waals surface area contributed by atoms with Crippen LogP contribution in [0, 0.1) is 0 Å². The van der Waals surface area contributed by atoms with Gasteiger partial charge in [0.15, 0.2) is 5.96 Å². The third-order valence-electron chi connectivity index (χ3n) is 4.68. The van der Waals surface area contributed by atoms with Gasteiger partial charge in [0.25, 0.3) is 0 Å². The van der Waals surface area contributed by atoms with Crippen molar-refractivity contribution in [2.75, 3.05) is 19.6 Å². The number of hydrogen-bond acceptors (Lipinski definition) is 1. The molecule has 0 amide bonds. The molecule has 3 nitrogen and oxygen atoms in total. The number of unbranched alkanes of at least 4 members (excludes halogenated alkanes) is 12. The molecule has 0 radical (unpaired) electrons. The summed E-state index contributed by atoms with van der Waals surface area (Å²) >= 11 is 0. The Morgan fingerprint density at radius 2 is 0.920 bits per heavy atom. The van der Waals surface area contributed by atoms with E-state index in [0.717, 1.165) is 25.6 Å². The second-order valence-corrected chi connectivity index (χ2v) is 7.33. The van der Waals surface area contributed by atoms with Crippen LogP contribution in [0.5, 0.6) is 0 Å². The Morgan fingerprint density at radius 1 is 0.520 bits per heavy atom. The van der Waals surface area contributed by atoms with E-state index in [1.54, 1.807) is 0 Å². The second-order valence-electron chi connectivity index (χ2n) is 7.33. The fourth-order valence-electron chi connectivity index (χ4n) is 2.95. The van der Waals surface area contributed by atoms with E-state index in [-0.39, 0.29) is 0 Å². The first-order chi connectivity index (χ1) is 12.3. The van der Waals surface area contributed by atoms with Crippen molar-refractivity contribution in [3.63, 3.8) is 0 Å². The van der Waals surface area contributed by atoms with Gasteiger partial charge in [-0.25, -0.2) is 0 Å². The fourth-order valence-corrected chi connectivity index (χ4v) is 2.95. The van der Waals surface area contributed by atoms with Crippen LogP contribution < -0.4 is 10.6 Å². The van der Waals surface area contributed by atoms with Crippen molar-refractivity contribution < 1.29 is 0 Å². The lowest BCUT2D eigenvalue weighted by Crippen LogP contribution is -2.38. The maximum absolute atomic E-state index is 4.78. The molecule has 0 spiro atoms. The highest BCUT2D eigenvalue weighted by Gasteiger charge is 1.98. The van der Waals surface area contributed by atoms with Crippen molar-refractivity contribution in [1.82, 2.24) is 10.6 Å². The zero-order valence-corrected chi connectivity index (χ0v) is 17.7. The topological polar surface area (TPSA) is 36.4 Å². The molecule has 25 heavy (non-hydrogen) atoms. The number of aliphatic imine (C=N–C) groups is 1. The van der Waals surface area contributed by atoms with Crippen molar-refractivity contribution in [3.8, 4) is 0 Å². The Hall–Kier alpha value is -0.730. The van der Waals surface area contributed by atoms with E-state index in [1.165, 1.54) is 96.3 Å². The van der Waals surface area contributed by atoms with Gasteiger partial charge in [-0.05, 0) is 19.3 Å². The van der Waals surface area contributed by atoms with E-state index in [1.807, 2.05) is 0 Å². The van der Waals surface area contributed by atoms with Crippen molar-refractivity contribution in [2.45, 2.75) is 117 Å². The van der Waals surface area contributed by atoms with Gasteiger partial charge < -0.3 is 10.6 Å². The van der Waals surface area contributed by atoms with E-state index in [9.17, 15) is 0 Å². The molecule has 0 aliphatic heterocycles. The summed E-state index contributed by atoms with van der Waals surface area (Å²) in [5.74, 6) is 1.04. The molecule has 0 aromatic carbocycles. The fraction of sp³-hybridized carbons (Fsp3) is 0.955. The molecule has 0 heterocycles. The summed E-state index contributed by atoms with van der Waals surface area (Å²) < 4.78 is 0. The van der Waals surface area contributed by atoms with Crippen LogP contribution in [0.4, 0.5) is 0 Å². The lowest BCUT2D eigenvalue weighted by atomic mass is 10.1. The third-order valence-corrected chi connectivity index (χ3v) is 4.68. The van der Waals surface area contributed by atoms with E-state index in [2.05, 4.69) is 31.4 Å². The lowest BCUT2D eigenvalue weighted by molar-refractivity contribution is 0.604. The first-order valence-electron chi connectivity index (χ1n) is 11.4. The van der Waals surface area contributed by atoms with Crippen LogP contribution in [0.25, 0.3) is 0 Å². The zero-order chi connectivity index (χ0) is 18.4. The van der Waals surface area contributed by atoms with Gasteiger partial charge in [-0.1, -0.05) is 97.8 Å². The molecule has 0 saturated carbocycles. The summed E-state index contributed by atoms with van der Waals surface area (Å²) in [5.41, 5.74) is 0. The van der Waals surface area contributed by atoms with Gasteiger partial charge in [-0.2, -0.15) is 0 Å². The molecule has 0 atom stereocenters. The van der Waals surface area contributed by atoms with Gasteiger partial charge in [0.2, 0.25) is 0 Å². The first-order valence-corrected chi connectivity index (χ1v) is 11.4. The molecule has 0 aromatic heterocycles. The van der Waals surface area contributed by atoms with Gasteiger partial charge in [-0.15, -0.1) is 0 Å². The lowest BCUT2D eigenvalue weighted by Gasteiger charge is -2.13. The number of nitrogens with zero attached hydrogens (tertiary/aromatic N) is 1. The molecule has 0 aliphatic rings. The van der Waals surface area contributed by atoms with Gasteiger partial charge >= 0.3 is 0 Å². The zero-order valence-electron chi connectivity index (χ0n) is 17.7. The van der Waals surface area contributed by atoms with Gasteiger partial charge in [0, 0.05) is 19.6 Å². The van der Waals surface area contributed by atoms with Crippen LogP contribution in [0.3, 0.4) is 0 Å².